The average Bonchev–Trinajstić information content (AvgIpc) is 3.42. The molecule has 6 heteroatoms. The molecule has 190 valence electrons. The van der Waals surface area contributed by atoms with Gasteiger partial charge in [0, 0.05) is 27.5 Å². The maximum absolute atomic E-state index is 9.94. The van der Waals surface area contributed by atoms with E-state index in [0.29, 0.717) is 39.9 Å². The lowest BCUT2D eigenvalue weighted by Gasteiger charge is -2.10. The maximum Gasteiger partial charge on any atom is 0.187 e. The summed E-state index contributed by atoms with van der Waals surface area (Å²) in [5.41, 5.74) is 6.70. The zero-order valence-electron chi connectivity index (χ0n) is 21.6. The van der Waals surface area contributed by atoms with Crippen LogP contribution in [0.1, 0.15) is 5.56 Å². The summed E-state index contributed by atoms with van der Waals surface area (Å²) in [5.74, 6) is 1.40. The van der Waals surface area contributed by atoms with Gasteiger partial charge in [0.2, 0.25) is 0 Å². The number of furan rings is 1. The van der Waals surface area contributed by atoms with Crippen LogP contribution in [0.5, 0.6) is 0 Å². The molecule has 0 radical (unpaired) electrons. The zero-order chi connectivity index (χ0) is 27.8. The van der Waals surface area contributed by atoms with Crippen molar-refractivity contribution in [1.82, 2.24) is 15.0 Å². The molecule has 0 bridgehead atoms. The Labute approximate surface area is 235 Å². The SMILES string of the molecule is [C-]#[N+]c1cccc(-c2nc(-c3ccccc3)nc(-c3cc(C#N)cc(-c4ccc5oc6ccccc6c5c4)c3)n2)c1. The van der Waals surface area contributed by atoms with Crippen molar-refractivity contribution in [2.24, 2.45) is 0 Å². The van der Waals surface area contributed by atoms with Crippen molar-refractivity contribution < 1.29 is 4.42 Å². The summed E-state index contributed by atoms with van der Waals surface area (Å²) in [6, 6.07) is 38.9. The molecule has 0 N–H and O–H groups in total. The molecule has 7 rings (SSSR count). The largest absolute Gasteiger partial charge is 0.456 e. The van der Waals surface area contributed by atoms with Gasteiger partial charge in [0.1, 0.15) is 11.2 Å². The molecule has 6 nitrogen and oxygen atoms in total. The quantitative estimate of drug-likeness (QED) is 0.214. The minimum atomic E-state index is 0.440. The van der Waals surface area contributed by atoms with Gasteiger partial charge in [0.25, 0.3) is 0 Å². The normalized spacial score (nSPS) is 10.9. The predicted octanol–water partition coefficient (Wildman–Crippen LogP) is 8.86. The van der Waals surface area contributed by atoms with Crippen LogP contribution in [0.15, 0.2) is 120 Å². The Bertz CT molecular complexity index is 2190. The molecule has 5 aromatic carbocycles. The second-order valence-corrected chi connectivity index (χ2v) is 9.55. The van der Waals surface area contributed by atoms with Crippen molar-refractivity contribution in [1.29, 1.82) is 5.26 Å². The van der Waals surface area contributed by atoms with Gasteiger partial charge in [-0.15, -0.1) is 0 Å². The molecule has 2 heterocycles. The Morgan fingerprint density at radius 1 is 0.561 bits per heavy atom. The molecule has 0 aliphatic rings. The molecule has 0 saturated heterocycles. The molecular weight excluding hydrogens is 506 g/mol. The van der Waals surface area contributed by atoms with Gasteiger partial charge in [0.15, 0.2) is 23.2 Å². The average molecular weight is 526 g/mol. The van der Waals surface area contributed by atoms with Crippen LogP contribution in [0.2, 0.25) is 0 Å². The van der Waals surface area contributed by atoms with Crippen molar-refractivity contribution in [3.05, 3.63) is 132 Å². The molecule has 0 aliphatic carbocycles. The van der Waals surface area contributed by atoms with Crippen molar-refractivity contribution in [2.45, 2.75) is 0 Å². The van der Waals surface area contributed by atoms with Gasteiger partial charge in [0.05, 0.1) is 18.2 Å². The number of fused-ring (bicyclic) bond motifs is 3. The second-order valence-electron chi connectivity index (χ2n) is 9.55. The molecule has 0 fully saturated rings. The van der Waals surface area contributed by atoms with E-state index in [1.807, 2.05) is 91.0 Å². The van der Waals surface area contributed by atoms with Crippen LogP contribution >= 0.6 is 0 Å². The van der Waals surface area contributed by atoms with E-state index in [4.69, 9.17) is 25.9 Å². The van der Waals surface area contributed by atoms with E-state index in [-0.39, 0.29) is 0 Å². The van der Waals surface area contributed by atoms with Crippen LogP contribution in [0.3, 0.4) is 0 Å². The molecule has 0 amide bonds. The van der Waals surface area contributed by atoms with Crippen LogP contribution in [0.4, 0.5) is 5.69 Å². The Balaban J connectivity index is 1.42. The van der Waals surface area contributed by atoms with E-state index in [1.165, 1.54) is 0 Å². The molecular formula is C35H19N5O. The van der Waals surface area contributed by atoms with Crippen molar-refractivity contribution in [2.75, 3.05) is 0 Å². The third-order valence-corrected chi connectivity index (χ3v) is 6.93. The summed E-state index contributed by atoms with van der Waals surface area (Å²) in [7, 11) is 0. The van der Waals surface area contributed by atoms with Crippen molar-refractivity contribution in [3.63, 3.8) is 0 Å². The number of benzene rings is 5. The summed E-state index contributed by atoms with van der Waals surface area (Å²) in [4.78, 5) is 18.0. The van der Waals surface area contributed by atoms with E-state index in [9.17, 15) is 5.26 Å². The van der Waals surface area contributed by atoms with E-state index < -0.39 is 0 Å². The summed E-state index contributed by atoms with van der Waals surface area (Å²) < 4.78 is 6.01. The first-order valence-electron chi connectivity index (χ1n) is 13.0. The summed E-state index contributed by atoms with van der Waals surface area (Å²) in [6.07, 6.45) is 0. The lowest BCUT2D eigenvalue weighted by molar-refractivity contribution is 0.669. The molecule has 0 unspecified atom stereocenters. The van der Waals surface area contributed by atoms with Gasteiger partial charge >= 0.3 is 0 Å². The van der Waals surface area contributed by atoms with E-state index in [0.717, 1.165) is 38.6 Å². The summed E-state index contributed by atoms with van der Waals surface area (Å²) in [5, 5.41) is 12.0. The standard InChI is InChI=1S/C35H19N5O/c1-37-28-11-7-10-25(19-28)34-38-33(23-8-3-2-4-9-23)39-35(40-34)27-17-22(21-36)16-26(18-27)24-14-15-32-30(20-24)29-12-5-6-13-31(29)41-32/h2-20H. The first-order valence-corrected chi connectivity index (χ1v) is 13.0. The van der Waals surface area contributed by atoms with Gasteiger partial charge in [-0.25, -0.2) is 19.8 Å². The molecule has 0 aliphatic heterocycles. The maximum atomic E-state index is 9.94. The first-order chi connectivity index (χ1) is 20.2. The third-order valence-electron chi connectivity index (χ3n) is 6.93. The second kappa shape index (κ2) is 9.89. The monoisotopic (exact) mass is 525 g/mol. The van der Waals surface area contributed by atoms with Gasteiger partial charge in [-0.3, -0.25) is 0 Å². The van der Waals surface area contributed by atoms with E-state index in [2.05, 4.69) is 17.0 Å². The Hall–Kier alpha value is -6.11. The molecule has 2 aromatic heterocycles. The van der Waals surface area contributed by atoms with Crippen LogP contribution < -0.4 is 0 Å². The van der Waals surface area contributed by atoms with Crippen LogP contribution in [0, 0.1) is 17.9 Å². The van der Waals surface area contributed by atoms with Gasteiger partial charge in [-0.2, -0.15) is 5.26 Å². The number of nitrogens with zero attached hydrogens (tertiary/aromatic N) is 5. The highest BCUT2D eigenvalue weighted by molar-refractivity contribution is 6.06. The number of aromatic nitrogens is 3. The molecule has 0 spiro atoms. The lowest BCUT2D eigenvalue weighted by atomic mass is 9.98. The number of rotatable bonds is 4. The van der Waals surface area contributed by atoms with Crippen LogP contribution in [-0.2, 0) is 0 Å². The smallest absolute Gasteiger partial charge is 0.187 e. The molecule has 41 heavy (non-hydrogen) atoms. The summed E-state index contributed by atoms with van der Waals surface area (Å²) >= 11 is 0. The first kappa shape index (κ1) is 24.0. The van der Waals surface area contributed by atoms with E-state index >= 15 is 0 Å². The third kappa shape index (κ3) is 4.46. The fourth-order valence-corrected chi connectivity index (χ4v) is 4.96. The fourth-order valence-electron chi connectivity index (χ4n) is 4.96. The fraction of sp³-hybridized carbons (Fsp3) is 0. The number of para-hydroxylation sites is 1. The highest BCUT2D eigenvalue weighted by Gasteiger charge is 2.15. The van der Waals surface area contributed by atoms with Gasteiger partial charge in [-0.05, 0) is 53.6 Å². The number of hydrogen-bond acceptors (Lipinski definition) is 5. The molecule has 0 atom stereocenters. The highest BCUT2D eigenvalue weighted by Crippen LogP contribution is 2.34. The van der Waals surface area contributed by atoms with E-state index in [1.54, 1.807) is 18.2 Å². The van der Waals surface area contributed by atoms with Gasteiger partial charge < -0.3 is 4.42 Å². The highest BCUT2D eigenvalue weighted by atomic mass is 16.3. The Kier molecular flexibility index (Phi) is 5.78. The topological polar surface area (TPSA) is 80.0 Å². The molecule has 0 saturated carbocycles. The Morgan fingerprint density at radius 3 is 2.05 bits per heavy atom. The molecule has 7 aromatic rings. The van der Waals surface area contributed by atoms with Crippen LogP contribution in [-0.4, -0.2) is 15.0 Å². The number of hydrogen-bond donors (Lipinski definition) is 0. The lowest BCUT2D eigenvalue weighted by Crippen LogP contribution is -2.00. The minimum absolute atomic E-state index is 0.440. The van der Waals surface area contributed by atoms with Crippen LogP contribution in [0.25, 0.3) is 72.1 Å². The predicted molar refractivity (Wildman–Crippen MR) is 160 cm³/mol. The zero-order valence-corrected chi connectivity index (χ0v) is 21.6. The number of nitriles is 1. The summed E-state index contributed by atoms with van der Waals surface area (Å²) in [6.45, 7) is 7.43. The Morgan fingerprint density at radius 2 is 1.24 bits per heavy atom. The van der Waals surface area contributed by atoms with Gasteiger partial charge in [-0.1, -0.05) is 72.8 Å². The minimum Gasteiger partial charge on any atom is -0.456 e. The van der Waals surface area contributed by atoms with Crippen molar-refractivity contribution >= 4 is 27.6 Å². The van der Waals surface area contributed by atoms with Crippen molar-refractivity contribution in [3.8, 4) is 51.4 Å².